The van der Waals surface area contributed by atoms with Crippen LogP contribution < -0.4 is 4.90 Å². The van der Waals surface area contributed by atoms with Crippen LogP contribution in [0.3, 0.4) is 0 Å². The maximum absolute atomic E-state index is 12.6. The molecule has 0 bridgehead atoms. The first-order valence-corrected chi connectivity index (χ1v) is 9.90. The summed E-state index contributed by atoms with van der Waals surface area (Å²) in [4.78, 5) is 2.11. The van der Waals surface area contributed by atoms with Crippen LogP contribution in [0.15, 0.2) is 84.9 Å². The van der Waals surface area contributed by atoms with Crippen molar-refractivity contribution in [3.8, 4) is 0 Å². The smallest absolute Gasteiger partial charge is 0.142 e. The lowest BCUT2D eigenvalue weighted by molar-refractivity contribution is 0.127. The van der Waals surface area contributed by atoms with E-state index in [9.17, 15) is 5.11 Å². The summed E-state index contributed by atoms with van der Waals surface area (Å²) in [6.07, 6.45) is 4.20. The Kier molecular flexibility index (Phi) is 4.04. The number of benzene rings is 4. The Morgan fingerprint density at radius 2 is 1.14 bits per heavy atom. The highest BCUT2D eigenvalue weighted by molar-refractivity contribution is 5.98. The second-order valence-electron chi connectivity index (χ2n) is 7.79. The Morgan fingerprint density at radius 1 is 0.621 bits per heavy atom. The number of anilines is 1. The second-order valence-corrected chi connectivity index (χ2v) is 7.79. The van der Waals surface area contributed by atoms with Gasteiger partial charge >= 0.3 is 0 Å². The molecule has 0 aromatic heterocycles. The molecule has 0 spiro atoms. The molecule has 0 heterocycles. The highest BCUT2D eigenvalue weighted by atomic mass is 16.3. The first-order chi connectivity index (χ1) is 14.1. The van der Waals surface area contributed by atoms with Gasteiger partial charge in [-0.25, -0.2) is 0 Å². The first kappa shape index (κ1) is 17.7. The summed E-state index contributed by atoms with van der Waals surface area (Å²) in [6.45, 7) is 0. The molecule has 0 saturated carbocycles. The number of aliphatic hydroxyl groups is 1. The van der Waals surface area contributed by atoms with E-state index in [0.29, 0.717) is 0 Å². The molecule has 0 fully saturated rings. The number of fused-ring (bicyclic) bond motifs is 3. The van der Waals surface area contributed by atoms with Crippen molar-refractivity contribution in [2.24, 2.45) is 0 Å². The van der Waals surface area contributed by atoms with Crippen LogP contribution in [0.2, 0.25) is 0 Å². The van der Waals surface area contributed by atoms with Crippen molar-refractivity contribution in [1.29, 1.82) is 0 Å². The molecule has 142 valence electrons. The molecule has 0 aliphatic heterocycles. The molecule has 0 unspecified atom stereocenters. The monoisotopic (exact) mass is 377 g/mol. The molecule has 0 saturated heterocycles. The van der Waals surface area contributed by atoms with Crippen LogP contribution in [0.4, 0.5) is 5.69 Å². The van der Waals surface area contributed by atoms with E-state index in [4.69, 9.17) is 0 Å². The van der Waals surface area contributed by atoms with E-state index in [1.165, 1.54) is 0 Å². The Hall–Kier alpha value is -3.36. The highest BCUT2D eigenvalue weighted by Crippen LogP contribution is 2.46. The van der Waals surface area contributed by atoms with Gasteiger partial charge in [-0.2, -0.15) is 0 Å². The second kappa shape index (κ2) is 6.61. The van der Waals surface area contributed by atoms with Gasteiger partial charge in [-0.15, -0.1) is 0 Å². The van der Waals surface area contributed by atoms with Crippen LogP contribution >= 0.6 is 0 Å². The highest BCUT2D eigenvalue weighted by Gasteiger charge is 2.39. The van der Waals surface area contributed by atoms with Crippen LogP contribution in [0.5, 0.6) is 0 Å². The lowest BCUT2D eigenvalue weighted by Gasteiger charge is -2.33. The molecule has 0 radical (unpaired) electrons. The van der Waals surface area contributed by atoms with E-state index in [1.807, 2.05) is 56.6 Å². The van der Waals surface area contributed by atoms with Crippen molar-refractivity contribution < 1.29 is 5.11 Å². The summed E-state index contributed by atoms with van der Waals surface area (Å²) in [5, 5.41) is 14.8. The first-order valence-electron chi connectivity index (χ1n) is 9.90. The third kappa shape index (κ3) is 2.60. The number of hydrogen-bond acceptors (Lipinski definition) is 2. The van der Waals surface area contributed by atoms with Gasteiger partial charge in [0.25, 0.3) is 0 Å². The topological polar surface area (TPSA) is 23.5 Å². The molecule has 29 heavy (non-hydrogen) atoms. The number of nitrogens with zero attached hydrogens (tertiary/aromatic N) is 1. The fraction of sp³-hybridized carbons (Fsp3) is 0.111. The molecule has 4 aromatic rings. The van der Waals surface area contributed by atoms with Gasteiger partial charge in [0.05, 0.1) is 0 Å². The van der Waals surface area contributed by atoms with E-state index in [2.05, 4.69) is 59.5 Å². The summed E-state index contributed by atoms with van der Waals surface area (Å²) < 4.78 is 0. The van der Waals surface area contributed by atoms with E-state index in [0.717, 1.165) is 44.3 Å². The van der Waals surface area contributed by atoms with Crippen LogP contribution in [0.1, 0.15) is 27.8 Å². The predicted molar refractivity (Wildman–Crippen MR) is 122 cm³/mol. The zero-order valence-corrected chi connectivity index (χ0v) is 16.6. The fourth-order valence-corrected chi connectivity index (χ4v) is 4.55. The van der Waals surface area contributed by atoms with Crippen molar-refractivity contribution in [2.45, 2.75) is 5.60 Å². The standard InChI is InChI=1S/C27H23NO/c1-28(2)25-16-8-12-21-11-7-15-24(26(21)25)27(29)22-13-5-3-9-19(22)17-18-20-10-4-6-14-23(20)27/h3-18,29H,1-2H3. The Bertz CT molecular complexity index is 1200. The summed E-state index contributed by atoms with van der Waals surface area (Å²) in [6, 6.07) is 28.8. The Balaban J connectivity index is 1.96. The van der Waals surface area contributed by atoms with Crippen molar-refractivity contribution in [3.63, 3.8) is 0 Å². The zero-order chi connectivity index (χ0) is 20.0. The largest absolute Gasteiger partial charge is 0.377 e. The maximum atomic E-state index is 12.6. The molecule has 0 amide bonds. The van der Waals surface area contributed by atoms with Gasteiger partial charge in [-0.1, -0.05) is 91.0 Å². The molecule has 1 aliphatic rings. The molecular formula is C27H23NO. The summed E-state index contributed by atoms with van der Waals surface area (Å²) >= 11 is 0. The van der Waals surface area contributed by atoms with Gasteiger partial charge in [0, 0.05) is 30.7 Å². The SMILES string of the molecule is CN(C)c1cccc2cccc(C3(O)c4ccccc4C=Cc4ccccc43)c12. The van der Waals surface area contributed by atoms with Gasteiger partial charge in [-0.05, 0) is 33.7 Å². The van der Waals surface area contributed by atoms with E-state index in [1.54, 1.807) is 0 Å². The van der Waals surface area contributed by atoms with Crippen LogP contribution in [-0.2, 0) is 5.60 Å². The molecular weight excluding hydrogens is 354 g/mol. The summed E-state index contributed by atoms with van der Waals surface area (Å²) in [5.41, 5.74) is 4.62. The minimum Gasteiger partial charge on any atom is -0.377 e. The Morgan fingerprint density at radius 3 is 1.72 bits per heavy atom. The normalized spacial score (nSPS) is 14.2. The quantitative estimate of drug-likeness (QED) is 0.486. The predicted octanol–water partition coefficient (Wildman–Crippen LogP) is 5.67. The zero-order valence-electron chi connectivity index (χ0n) is 16.6. The van der Waals surface area contributed by atoms with Crippen LogP contribution in [-0.4, -0.2) is 19.2 Å². The molecule has 1 aliphatic carbocycles. The summed E-state index contributed by atoms with van der Waals surface area (Å²) in [7, 11) is 4.10. The molecule has 5 rings (SSSR count). The van der Waals surface area contributed by atoms with Crippen molar-refractivity contribution in [2.75, 3.05) is 19.0 Å². The lowest BCUT2D eigenvalue weighted by atomic mass is 9.76. The van der Waals surface area contributed by atoms with Crippen LogP contribution in [0, 0.1) is 0 Å². The molecule has 2 nitrogen and oxygen atoms in total. The average molecular weight is 377 g/mol. The molecule has 0 atom stereocenters. The van der Waals surface area contributed by atoms with Crippen LogP contribution in [0.25, 0.3) is 22.9 Å². The third-order valence-electron chi connectivity index (χ3n) is 5.90. The minimum atomic E-state index is -1.26. The van der Waals surface area contributed by atoms with E-state index < -0.39 is 5.60 Å². The van der Waals surface area contributed by atoms with Crippen molar-refractivity contribution >= 4 is 28.6 Å². The maximum Gasteiger partial charge on any atom is 0.142 e. The number of rotatable bonds is 2. The van der Waals surface area contributed by atoms with Crippen molar-refractivity contribution in [3.05, 3.63) is 113 Å². The van der Waals surface area contributed by atoms with E-state index in [-0.39, 0.29) is 0 Å². The van der Waals surface area contributed by atoms with Gasteiger partial charge in [0.1, 0.15) is 5.60 Å². The molecule has 2 heteroatoms. The van der Waals surface area contributed by atoms with Crippen molar-refractivity contribution in [1.82, 2.24) is 0 Å². The number of hydrogen-bond donors (Lipinski definition) is 1. The van der Waals surface area contributed by atoms with Gasteiger partial charge < -0.3 is 10.0 Å². The summed E-state index contributed by atoms with van der Waals surface area (Å²) in [5.74, 6) is 0. The molecule has 1 N–H and O–H groups in total. The third-order valence-corrected chi connectivity index (χ3v) is 5.90. The fourth-order valence-electron chi connectivity index (χ4n) is 4.55. The molecule has 4 aromatic carbocycles. The van der Waals surface area contributed by atoms with Gasteiger partial charge in [-0.3, -0.25) is 0 Å². The lowest BCUT2D eigenvalue weighted by Crippen LogP contribution is -2.31. The average Bonchev–Trinajstić information content (AvgIpc) is 2.89. The van der Waals surface area contributed by atoms with Gasteiger partial charge in [0.15, 0.2) is 0 Å². The van der Waals surface area contributed by atoms with E-state index >= 15 is 0 Å². The Labute approximate surface area is 171 Å². The minimum absolute atomic E-state index is 0.905. The van der Waals surface area contributed by atoms with Gasteiger partial charge in [0.2, 0.25) is 0 Å².